The van der Waals surface area contributed by atoms with Gasteiger partial charge in [-0.15, -0.1) is 0 Å². The Bertz CT molecular complexity index is 387. The highest BCUT2D eigenvalue weighted by atomic mass is 16.4. The van der Waals surface area contributed by atoms with Crippen LogP contribution in [0.4, 0.5) is 0 Å². The number of likely N-dealkylation sites (N-methyl/N-ethyl adjacent to an activating group) is 1. The van der Waals surface area contributed by atoms with Crippen molar-refractivity contribution in [2.24, 2.45) is 0 Å². The van der Waals surface area contributed by atoms with E-state index in [1.54, 1.807) is 14.0 Å². The molecule has 0 saturated heterocycles. The van der Waals surface area contributed by atoms with Gasteiger partial charge in [0.05, 0.1) is 12.2 Å². The molecule has 90 valence electrons. The summed E-state index contributed by atoms with van der Waals surface area (Å²) in [6.45, 7) is 5.97. The number of imidazole rings is 1. The van der Waals surface area contributed by atoms with E-state index in [4.69, 9.17) is 5.11 Å². The Hall–Kier alpha value is -1.36. The lowest BCUT2D eigenvalue weighted by molar-refractivity contribution is -0.144. The van der Waals surface area contributed by atoms with Crippen molar-refractivity contribution in [2.45, 2.75) is 39.3 Å². The van der Waals surface area contributed by atoms with Crippen LogP contribution in [-0.4, -0.2) is 33.2 Å². The maximum Gasteiger partial charge on any atom is 0.325 e. The van der Waals surface area contributed by atoms with Gasteiger partial charge in [0.25, 0.3) is 0 Å². The first-order valence-electron chi connectivity index (χ1n) is 5.38. The summed E-state index contributed by atoms with van der Waals surface area (Å²) < 4.78 is 1.90. The number of nitrogens with one attached hydrogen (secondary N) is 1. The summed E-state index contributed by atoms with van der Waals surface area (Å²) in [5.74, 6) is 0.0589. The van der Waals surface area contributed by atoms with E-state index >= 15 is 0 Å². The molecule has 0 saturated carbocycles. The zero-order valence-corrected chi connectivity index (χ0v) is 10.2. The summed E-state index contributed by atoms with van der Waals surface area (Å²) in [6.07, 6.45) is 2.69. The molecule has 0 aliphatic carbocycles. The molecule has 5 nitrogen and oxygen atoms in total. The van der Waals surface area contributed by atoms with Gasteiger partial charge in [-0.3, -0.25) is 4.79 Å². The van der Waals surface area contributed by atoms with Gasteiger partial charge in [0.15, 0.2) is 0 Å². The van der Waals surface area contributed by atoms with Gasteiger partial charge >= 0.3 is 5.97 Å². The molecule has 1 heterocycles. The molecule has 0 aliphatic rings. The SMILES string of the molecule is CCc1nc(C)cn1CC(C)(NC)C(=O)O. The van der Waals surface area contributed by atoms with E-state index in [1.807, 2.05) is 24.6 Å². The molecule has 1 rings (SSSR count). The maximum absolute atomic E-state index is 11.2. The molecule has 0 aliphatic heterocycles. The lowest BCUT2D eigenvalue weighted by atomic mass is 10.0. The summed E-state index contributed by atoms with van der Waals surface area (Å²) >= 11 is 0. The van der Waals surface area contributed by atoms with E-state index in [2.05, 4.69) is 10.3 Å². The van der Waals surface area contributed by atoms with Crippen molar-refractivity contribution in [1.29, 1.82) is 0 Å². The van der Waals surface area contributed by atoms with Gasteiger partial charge in [-0.2, -0.15) is 0 Å². The number of carbonyl (C=O) groups is 1. The van der Waals surface area contributed by atoms with Gasteiger partial charge < -0.3 is 15.0 Å². The lowest BCUT2D eigenvalue weighted by Crippen LogP contribution is -2.51. The van der Waals surface area contributed by atoms with E-state index in [1.165, 1.54) is 0 Å². The maximum atomic E-state index is 11.2. The van der Waals surface area contributed by atoms with Crippen LogP contribution in [0.2, 0.25) is 0 Å². The zero-order valence-electron chi connectivity index (χ0n) is 10.2. The third-order valence-corrected chi connectivity index (χ3v) is 2.81. The van der Waals surface area contributed by atoms with E-state index in [-0.39, 0.29) is 0 Å². The number of aromatic nitrogens is 2. The molecule has 5 heteroatoms. The molecule has 2 N–H and O–H groups in total. The fraction of sp³-hybridized carbons (Fsp3) is 0.636. The summed E-state index contributed by atoms with van der Waals surface area (Å²) in [4.78, 5) is 15.5. The molecule has 1 atom stereocenters. The Balaban J connectivity index is 2.98. The Kier molecular flexibility index (Phi) is 3.70. The molecule has 1 unspecified atom stereocenters. The topological polar surface area (TPSA) is 67.2 Å². The van der Waals surface area contributed by atoms with E-state index in [9.17, 15) is 4.79 Å². The third kappa shape index (κ3) is 2.41. The molecule has 1 aromatic rings. The number of aliphatic carboxylic acids is 1. The number of rotatable bonds is 5. The van der Waals surface area contributed by atoms with Crippen molar-refractivity contribution in [3.63, 3.8) is 0 Å². The highest BCUT2D eigenvalue weighted by Gasteiger charge is 2.32. The van der Waals surface area contributed by atoms with Gasteiger partial charge in [0, 0.05) is 12.6 Å². The standard InChI is InChI=1S/C11H19N3O2/c1-5-9-13-8(2)6-14(9)7-11(3,12-4)10(15)16/h6,12H,5,7H2,1-4H3,(H,15,16). The molecule has 16 heavy (non-hydrogen) atoms. The van der Waals surface area contributed by atoms with Crippen molar-refractivity contribution in [3.8, 4) is 0 Å². The molecule has 0 aromatic carbocycles. The normalized spacial score (nSPS) is 14.8. The van der Waals surface area contributed by atoms with Crippen LogP contribution in [0.5, 0.6) is 0 Å². The summed E-state index contributed by atoms with van der Waals surface area (Å²) in [7, 11) is 1.66. The average molecular weight is 225 g/mol. The molecular weight excluding hydrogens is 206 g/mol. The molecule has 0 fully saturated rings. The minimum absolute atomic E-state index is 0.378. The van der Waals surface area contributed by atoms with E-state index in [0.29, 0.717) is 6.54 Å². The fourth-order valence-electron chi connectivity index (χ4n) is 1.61. The molecule has 0 bridgehead atoms. The molecule has 1 aromatic heterocycles. The highest BCUT2D eigenvalue weighted by molar-refractivity contribution is 5.78. The average Bonchev–Trinajstić information content (AvgIpc) is 2.58. The van der Waals surface area contributed by atoms with Crippen LogP contribution < -0.4 is 5.32 Å². The zero-order chi connectivity index (χ0) is 12.3. The summed E-state index contributed by atoms with van der Waals surface area (Å²) in [5.41, 5.74) is -0.0439. The first-order valence-corrected chi connectivity index (χ1v) is 5.38. The van der Waals surface area contributed by atoms with Crippen LogP contribution in [0.1, 0.15) is 25.4 Å². The Morgan fingerprint density at radius 3 is 2.75 bits per heavy atom. The van der Waals surface area contributed by atoms with Crippen molar-refractivity contribution in [1.82, 2.24) is 14.9 Å². The smallest absolute Gasteiger partial charge is 0.325 e. The number of carboxylic acid groups (broad SMARTS) is 1. The Morgan fingerprint density at radius 2 is 2.31 bits per heavy atom. The monoisotopic (exact) mass is 225 g/mol. The van der Waals surface area contributed by atoms with Crippen LogP contribution in [-0.2, 0) is 17.8 Å². The van der Waals surface area contributed by atoms with Gasteiger partial charge in [0.2, 0.25) is 0 Å². The van der Waals surface area contributed by atoms with Gasteiger partial charge in [-0.1, -0.05) is 6.92 Å². The van der Waals surface area contributed by atoms with Crippen molar-refractivity contribution in [3.05, 3.63) is 17.7 Å². The fourth-order valence-corrected chi connectivity index (χ4v) is 1.61. The number of carboxylic acids is 1. The summed E-state index contributed by atoms with van der Waals surface area (Å²) in [5, 5.41) is 12.0. The van der Waals surface area contributed by atoms with E-state index < -0.39 is 11.5 Å². The second-order valence-corrected chi connectivity index (χ2v) is 4.17. The van der Waals surface area contributed by atoms with Crippen molar-refractivity contribution >= 4 is 5.97 Å². The summed E-state index contributed by atoms with van der Waals surface area (Å²) in [6, 6.07) is 0. The van der Waals surface area contributed by atoms with Crippen LogP contribution in [0.3, 0.4) is 0 Å². The number of aryl methyl sites for hydroxylation is 2. The lowest BCUT2D eigenvalue weighted by Gasteiger charge is -2.25. The Morgan fingerprint density at radius 1 is 1.69 bits per heavy atom. The van der Waals surface area contributed by atoms with E-state index in [0.717, 1.165) is 17.9 Å². The first-order chi connectivity index (χ1) is 7.42. The largest absolute Gasteiger partial charge is 0.480 e. The molecule has 0 radical (unpaired) electrons. The van der Waals surface area contributed by atoms with Gasteiger partial charge in [0.1, 0.15) is 11.4 Å². The Labute approximate surface area is 95.5 Å². The van der Waals surface area contributed by atoms with Crippen LogP contribution >= 0.6 is 0 Å². The number of hydrogen-bond acceptors (Lipinski definition) is 3. The third-order valence-electron chi connectivity index (χ3n) is 2.81. The quantitative estimate of drug-likeness (QED) is 0.778. The highest BCUT2D eigenvalue weighted by Crippen LogP contribution is 2.11. The predicted molar refractivity (Wildman–Crippen MR) is 61.4 cm³/mol. The minimum atomic E-state index is -0.961. The number of hydrogen-bond donors (Lipinski definition) is 2. The molecular formula is C11H19N3O2. The van der Waals surface area contributed by atoms with Crippen LogP contribution in [0, 0.1) is 6.92 Å². The predicted octanol–water partition coefficient (Wildman–Crippen LogP) is 0.817. The van der Waals surface area contributed by atoms with Crippen molar-refractivity contribution < 1.29 is 9.90 Å². The van der Waals surface area contributed by atoms with Gasteiger partial charge in [-0.25, -0.2) is 4.98 Å². The first kappa shape index (κ1) is 12.7. The van der Waals surface area contributed by atoms with Crippen LogP contribution in [0.25, 0.3) is 0 Å². The molecule has 0 spiro atoms. The molecule has 0 amide bonds. The van der Waals surface area contributed by atoms with Crippen LogP contribution in [0.15, 0.2) is 6.20 Å². The second kappa shape index (κ2) is 4.65. The second-order valence-electron chi connectivity index (χ2n) is 4.17. The van der Waals surface area contributed by atoms with Crippen molar-refractivity contribution in [2.75, 3.05) is 7.05 Å². The minimum Gasteiger partial charge on any atom is -0.480 e. The number of nitrogens with zero attached hydrogens (tertiary/aromatic N) is 2. The van der Waals surface area contributed by atoms with Gasteiger partial charge in [-0.05, 0) is 20.9 Å².